The van der Waals surface area contributed by atoms with Crippen molar-refractivity contribution in [3.63, 3.8) is 0 Å². The Morgan fingerprint density at radius 2 is 1.83 bits per heavy atom. The fourth-order valence-electron chi connectivity index (χ4n) is 1.66. The molecule has 0 heterocycles. The second-order valence-electron chi connectivity index (χ2n) is 4.51. The zero-order chi connectivity index (χ0) is 13.4. The second-order valence-corrected chi connectivity index (χ2v) is 4.51. The van der Waals surface area contributed by atoms with Gasteiger partial charge in [-0.1, -0.05) is 42.9 Å². The zero-order valence-electron chi connectivity index (χ0n) is 11.8. The van der Waals surface area contributed by atoms with Crippen LogP contribution in [0.5, 0.6) is 5.75 Å². The molecule has 0 spiro atoms. The Hall–Kier alpha value is -1.68. The fourth-order valence-corrected chi connectivity index (χ4v) is 1.66. The van der Waals surface area contributed by atoms with Gasteiger partial charge in [0.15, 0.2) is 0 Å². The van der Waals surface area contributed by atoms with Crippen LogP contribution in [0.3, 0.4) is 0 Å². The van der Waals surface area contributed by atoms with E-state index in [1.807, 2.05) is 12.1 Å². The number of hydrogen-bond donors (Lipinski definition) is 0. The summed E-state index contributed by atoms with van der Waals surface area (Å²) in [5.74, 6) is 7.43. The highest BCUT2D eigenvalue weighted by atomic mass is 16.5. The minimum atomic E-state index is 0.880. The van der Waals surface area contributed by atoms with Crippen molar-refractivity contribution in [3.05, 3.63) is 35.4 Å². The molecular formula is C17H22O. The Labute approximate surface area is 111 Å². The largest absolute Gasteiger partial charge is 0.497 e. The second kappa shape index (κ2) is 7.61. The van der Waals surface area contributed by atoms with Gasteiger partial charge in [-0.3, -0.25) is 0 Å². The first-order valence-electron chi connectivity index (χ1n) is 6.49. The standard InChI is InChI=1S/C17H22O/c1-5-6-7-8-9-17(14(2)3)15-10-12-16(18-4)13-11-15/h10-13H,5-7H2,1-4H3. The maximum Gasteiger partial charge on any atom is 0.118 e. The molecule has 1 rings (SSSR count). The van der Waals surface area contributed by atoms with Crippen LogP contribution in [-0.2, 0) is 0 Å². The lowest BCUT2D eigenvalue weighted by molar-refractivity contribution is 0.415. The van der Waals surface area contributed by atoms with Gasteiger partial charge in [0.25, 0.3) is 0 Å². The quantitative estimate of drug-likeness (QED) is 0.550. The third kappa shape index (κ3) is 4.30. The van der Waals surface area contributed by atoms with Gasteiger partial charge in [0, 0.05) is 12.0 Å². The molecule has 0 bridgehead atoms. The molecule has 0 fully saturated rings. The van der Waals surface area contributed by atoms with E-state index in [9.17, 15) is 0 Å². The zero-order valence-corrected chi connectivity index (χ0v) is 11.8. The van der Waals surface area contributed by atoms with Gasteiger partial charge in [-0.15, -0.1) is 0 Å². The number of unbranched alkanes of at least 4 members (excludes halogenated alkanes) is 2. The smallest absolute Gasteiger partial charge is 0.118 e. The monoisotopic (exact) mass is 242 g/mol. The van der Waals surface area contributed by atoms with Crippen LogP contribution in [0.25, 0.3) is 5.57 Å². The number of methoxy groups -OCH3 is 1. The molecule has 0 amide bonds. The van der Waals surface area contributed by atoms with Crippen LogP contribution < -0.4 is 4.74 Å². The normalized spacial score (nSPS) is 9.33. The Morgan fingerprint density at radius 1 is 1.17 bits per heavy atom. The van der Waals surface area contributed by atoms with E-state index in [-0.39, 0.29) is 0 Å². The van der Waals surface area contributed by atoms with E-state index in [1.165, 1.54) is 24.0 Å². The van der Waals surface area contributed by atoms with Gasteiger partial charge in [0.05, 0.1) is 7.11 Å². The Bertz CT molecular complexity index is 451. The van der Waals surface area contributed by atoms with Crippen molar-refractivity contribution in [2.45, 2.75) is 40.0 Å². The molecule has 0 atom stereocenters. The summed E-state index contributed by atoms with van der Waals surface area (Å²) in [7, 11) is 1.68. The summed E-state index contributed by atoms with van der Waals surface area (Å²) in [5.41, 5.74) is 3.55. The third-order valence-corrected chi connectivity index (χ3v) is 2.75. The van der Waals surface area contributed by atoms with Crippen LogP contribution in [0.1, 0.15) is 45.6 Å². The van der Waals surface area contributed by atoms with E-state index in [2.05, 4.69) is 44.7 Å². The molecule has 0 aliphatic carbocycles. The first-order valence-corrected chi connectivity index (χ1v) is 6.49. The van der Waals surface area contributed by atoms with Crippen molar-refractivity contribution >= 4 is 5.57 Å². The molecule has 1 nitrogen and oxygen atoms in total. The molecule has 0 aromatic heterocycles. The minimum Gasteiger partial charge on any atom is -0.497 e. The molecule has 96 valence electrons. The maximum absolute atomic E-state index is 5.17. The molecule has 0 aliphatic heterocycles. The summed E-state index contributed by atoms with van der Waals surface area (Å²) in [4.78, 5) is 0. The Morgan fingerprint density at radius 3 is 2.33 bits per heavy atom. The highest BCUT2D eigenvalue weighted by Crippen LogP contribution is 2.21. The van der Waals surface area contributed by atoms with Crippen molar-refractivity contribution in [3.8, 4) is 17.6 Å². The molecule has 0 radical (unpaired) electrons. The summed E-state index contributed by atoms with van der Waals surface area (Å²) < 4.78 is 5.17. The molecule has 18 heavy (non-hydrogen) atoms. The molecule has 1 aromatic rings. The number of benzene rings is 1. The van der Waals surface area contributed by atoms with E-state index < -0.39 is 0 Å². The van der Waals surface area contributed by atoms with E-state index in [0.29, 0.717) is 0 Å². The van der Waals surface area contributed by atoms with Gasteiger partial charge in [-0.05, 0) is 38.0 Å². The molecule has 0 saturated heterocycles. The van der Waals surface area contributed by atoms with Gasteiger partial charge >= 0.3 is 0 Å². The lowest BCUT2D eigenvalue weighted by Crippen LogP contribution is -1.87. The lowest BCUT2D eigenvalue weighted by Gasteiger charge is -2.05. The molecule has 1 aromatic carbocycles. The maximum atomic E-state index is 5.17. The highest BCUT2D eigenvalue weighted by Gasteiger charge is 2.01. The molecule has 0 aliphatic rings. The van der Waals surface area contributed by atoms with Crippen molar-refractivity contribution in [1.82, 2.24) is 0 Å². The van der Waals surface area contributed by atoms with Crippen molar-refractivity contribution in [1.29, 1.82) is 0 Å². The number of hydrogen-bond acceptors (Lipinski definition) is 1. The Kier molecular flexibility index (Phi) is 6.08. The minimum absolute atomic E-state index is 0.880. The first kappa shape index (κ1) is 14.4. The molecule has 0 unspecified atom stereocenters. The number of rotatable bonds is 4. The van der Waals surface area contributed by atoms with Crippen LogP contribution in [-0.4, -0.2) is 7.11 Å². The summed E-state index contributed by atoms with van der Waals surface area (Å²) in [6, 6.07) is 8.09. The van der Waals surface area contributed by atoms with Gasteiger partial charge < -0.3 is 4.74 Å². The van der Waals surface area contributed by atoms with Gasteiger partial charge in [-0.25, -0.2) is 0 Å². The van der Waals surface area contributed by atoms with Gasteiger partial charge in [-0.2, -0.15) is 0 Å². The van der Waals surface area contributed by atoms with E-state index in [1.54, 1.807) is 7.11 Å². The van der Waals surface area contributed by atoms with Crippen molar-refractivity contribution < 1.29 is 4.74 Å². The van der Waals surface area contributed by atoms with E-state index in [0.717, 1.165) is 17.7 Å². The third-order valence-electron chi connectivity index (χ3n) is 2.75. The fraction of sp³-hybridized carbons (Fsp3) is 0.412. The summed E-state index contributed by atoms with van der Waals surface area (Å²) in [5, 5.41) is 0. The molecule has 0 saturated carbocycles. The van der Waals surface area contributed by atoms with Crippen LogP contribution in [0.2, 0.25) is 0 Å². The first-order chi connectivity index (χ1) is 8.69. The number of allylic oxidation sites excluding steroid dienone is 2. The van der Waals surface area contributed by atoms with E-state index >= 15 is 0 Å². The SMILES string of the molecule is CCCCC#CC(=C(C)C)c1ccc(OC)cc1. The average Bonchev–Trinajstić information content (AvgIpc) is 2.39. The Balaban J connectivity index is 2.91. The lowest BCUT2D eigenvalue weighted by atomic mass is 10.0. The van der Waals surface area contributed by atoms with Crippen LogP contribution in [0.15, 0.2) is 29.8 Å². The summed E-state index contributed by atoms with van der Waals surface area (Å²) in [6.07, 6.45) is 3.34. The van der Waals surface area contributed by atoms with Crippen LogP contribution in [0, 0.1) is 11.8 Å². The van der Waals surface area contributed by atoms with Crippen LogP contribution >= 0.6 is 0 Å². The highest BCUT2D eigenvalue weighted by molar-refractivity contribution is 5.80. The molecule has 1 heteroatoms. The topological polar surface area (TPSA) is 9.23 Å². The molecular weight excluding hydrogens is 220 g/mol. The number of ether oxygens (including phenoxy) is 1. The predicted molar refractivity (Wildman–Crippen MR) is 78.6 cm³/mol. The van der Waals surface area contributed by atoms with Gasteiger partial charge in [0.2, 0.25) is 0 Å². The average molecular weight is 242 g/mol. The van der Waals surface area contributed by atoms with Gasteiger partial charge in [0.1, 0.15) is 5.75 Å². The van der Waals surface area contributed by atoms with Crippen molar-refractivity contribution in [2.24, 2.45) is 0 Å². The summed E-state index contributed by atoms with van der Waals surface area (Å²) >= 11 is 0. The summed E-state index contributed by atoms with van der Waals surface area (Å²) in [6.45, 7) is 6.40. The molecule has 0 N–H and O–H groups in total. The predicted octanol–water partition coefficient (Wildman–Crippen LogP) is 4.68. The van der Waals surface area contributed by atoms with E-state index in [4.69, 9.17) is 4.74 Å². The van der Waals surface area contributed by atoms with Crippen LogP contribution in [0.4, 0.5) is 0 Å². The van der Waals surface area contributed by atoms with Crippen molar-refractivity contribution in [2.75, 3.05) is 7.11 Å².